The van der Waals surface area contributed by atoms with Gasteiger partial charge in [0.25, 0.3) is 0 Å². The lowest BCUT2D eigenvalue weighted by atomic mass is 10.9. The summed E-state index contributed by atoms with van der Waals surface area (Å²) in [6.45, 7) is 2.25. The van der Waals surface area contributed by atoms with Gasteiger partial charge in [0, 0.05) is 0 Å². The van der Waals surface area contributed by atoms with E-state index in [-0.39, 0.29) is 0 Å². The van der Waals surface area contributed by atoms with Gasteiger partial charge in [0.1, 0.15) is 0 Å². The minimum absolute atomic E-state index is 0.483. The van der Waals surface area contributed by atoms with Crippen LogP contribution in [0.3, 0.4) is 0 Å². The summed E-state index contributed by atoms with van der Waals surface area (Å²) >= 11 is 0. The lowest BCUT2D eigenvalue weighted by Gasteiger charge is -1.87. The monoisotopic (exact) mass is 77.0 g/mol. The van der Waals surface area contributed by atoms with Crippen LogP contribution in [0.1, 0.15) is 6.92 Å². The zero-order valence-electron chi connectivity index (χ0n) is 3.06. The highest BCUT2D eigenvalue weighted by Gasteiger charge is 1.62. The van der Waals surface area contributed by atoms with Crippen LogP contribution in [-0.4, -0.2) is 11.8 Å². The maximum absolute atomic E-state index is 7.59. The van der Waals surface area contributed by atoms with Gasteiger partial charge in [-0.1, -0.05) is 5.64 Å². The largest absolute Gasteiger partial charge is 0.292 e. The van der Waals surface area contributed by atoms with Gasteiger partial charge in [-0.2, -0.15) is 0 Å². The summed E-state index contributed by atoms with van der Waals surface area (Å²) in [7, 11) is 0. The molecule has 0 unspecified atom stereocenters. The summed E-state index contributed by atoms with van der Waals surface area (Å²) in [5.41, 5.74) is 1.52. The van der Waals surface area contributed by atoms with Gasteiger partial charge in [-0.15, -0.1) is 0 Å². The Balaban J connectivity index is 2.19. The van der Waals surface area contributed by atoms with Crippen LogP contribution in [0.2, 0.25) is 0 Å². The Morgan fingerprint density at radius 3 is 2.60 bits per heavy atom. The van der Waals surface area contributed by atoms with E-state index in [4.69, 9.17) is 5.21 Å². The summed E-state index contributed by atoms with van der Waals surface area (Å²) in [6, 6.07) is 0. The van der Waals surface area contributed by atoms with E-state index in [0.29, 0.717) is 6.61 Å². The summed E-state index contributed by atoms with van der Waals surface area (Å²) < 4.78 is 0. The molecule has 3 heteroatoms. The van der Waals surface area contributed by atoms with Crippen LogP contribution in [0.15, 0.2) is 0 Å². The summed E-state index contributed by atoms with van der Waals surface area (Å²) in [5.74, 6) is 0. The first-order valence-corrected chi connectivity index (χ1v) is 1.42. The van der Waals surface area contributed by atoms with Crippen molar-refractivity contribution < 1.29 is 10.0 Å². The van der Waals surface area contributed by atoms with Crippen molar-refractivity contribution in [1.82, 2.24) is 5.64 Å². The lowest BCUT2D eigenvalue weighted by Crippen LogP contribution is -2.06. The number of hydrogen-bond acceptors (Lipinski definition) is 3. The average Bonchev–Trinajstić information content (AvgIpc) is 1.41. The van der Waals surface area contributed by atoms with Gasteiger partial charge in [0.2, 0.25) is 0 Å². The van der Waals surface area contributed by atoms with Crippen LogP contribution in [0, 0.1) is 0 Å². The molecule has 0 aromatic carbocycles. The molecule has 0 fully saturated rings. The van der Waals surface area contributed by atoms with Crippen molar-refractivity contribution in [1.29, 1.82) is 0 Å². The molecule has 3 nitrogen and oxygen atoms in total. The first-order valence-electron chi connectivity index (χ1n) is 1.42. The molecular formula is C2H7NO2. The van der Waals surface area contributed by atoms with Crippen molar-refractivity contribution in [3.63, 3.8) is 0 Å². The fourth-order valence-corrected chi connectivity index (χ4v) is 0.0645. The molecule has 0 rings (SSSR count). The van der Waals surface area contributed by atoms with E-state index >= 15 is 0 Å². The third-order valence-corrected chi connectivity index (χ3v) is 0.209. The van der Waals surface area contributed by atoms with E-state index in [2.05, 4.69) is 4.84 Å². The van der Waals surface area contributed by atoms with E-state index in [1.54, 1.807) is 6.92 Å². The van der Waals surface area contributed by atoms with Crippen molar-refractivity contribution in [2.75, 3.05) is 6.61 Å². The minimum atomic E-state index is 0.483. The molecule has 32 valence electrons. The standard InChI is InChI=1S/C2H7NO2/c1-2-5-3-4/h3-4H,2H2,1H3. The van der Waals surface area contributed by atoms with Gasteiger partial charge < -0.3 is 0 Å². The highest BCUT2D eigenvalue weighted by molar-refractivity contribution is 3.93. The molecule has 5 heavy (non-hydrogen) atoms. The van der Waals surface area contributed by atoms with Gasteiger partial charge in [0.15, 0.2) is 0 Å². The van der Waals surface area contributed by atoms with Gasteiger partial charge >= 0.3 is 0 Å². The van der Waals surface area contributed by atoms with Crippen molar-refractivity contribution in [3.05, 3.63) is 0 Å². The Morgan fingerprint density at radius 1 is 2.00 bits per heavy atom. The number of rotatable bonds is 2. The van der Waals surface area contributed by atoms with Crippen LogP contribution >= 0.6 is 0 Å². The summed E-state index contributed by atoms with van der Waals surface area (Å²) in [4.78, 5) is 4.14. The van der Waals surface area contributed by atoms with E-state index in [1.165, 1.54) is 5.64 Å². The van der Waals surface area contributed by atoms with Gasteiger partial charge in [0.05, 0.1) is 6.61 Å². The first-order chi connectivity index (χ1) is 2.41. The molecular weight excluding hydrogens is 70.0 g/mol. The zero-order valence-corrected chi connectivity index (χ0v) is 3.06. The van der Waals surface area contributed by atoms with E-state index in [0.717, 1.165) is 0 Å². The molecule has 0 saturated heterocycles. The number of hydrogen-bond donors (Lipinski definition) is 2. The van der Waals surface area contributed by atoms with Crippen molar-refractivity contribution >= 4 is 0 Å². The molecule has 0 spiro atoms. The molecule has 0 atom stereocenters. The van der Waals surface area contributed by atoms with Gasteiger partial charge in [-0.25, -0.2) is 0 Å². The summed E-state index contributed by atoms with van der Waals surface area (Å²) in [6.07, 6.45) is 0. The summed E-state index contributed by atoms with van der Waals surface area (Å²) in [5, 5.41) is 7.59. The van der Waals surface area contributed by atoms with Crippen molar-refractivity contribution in [3.8, 4) is 0 Å². The lowest BCUT2D eigenvalue weighted by molar-refractivity contribution is -0.122. The first kappa shape index (κ1) is 4.88. The molecule has 2 N–H and O–H groups in total. The molecule has 0 amide bonds. The second-order valence-corrected chi connectivity index (χ2v) is 0.524. The molecule has 0 radical (unpaired) electrons. The molecule has 0 saturated carbocycles. The predicted molar refractivity (Wildman–Crippen MR) is 16.5 cm³/mol. The average molecular weight is 77.1 g/mol. The third kappa shape index (κ3) is 3.88. The SMILES string of the molecule is CCONO. The molecule has 0 aromatic rings. The molecule has 0 aliphatic rings. The van der Waals surface area contributed by atoms with E-state index in [1.807, 2.05) is 0 Å². The van der Waals surface area contributed by atoms with Crippen LogP contribution in [-0.2, 0) is 4.84 Å². The Kier molecular flexibility index (Phi) is 3.79. The maximum Gasteiger partial charge on any atom is 0.0680 e. The smallest absolute Gasteiger partial charge is 0.0680 e. The Bertz CT molecular complexity index is 15.1. The minimum Gasteiger partial charge on any atom is -0.292 e. The number of nitrogens with one attached hydrogen (secondary N) is 1. The molecule has 0 bridgehead atoms. The second-order valence-electron chi connectivity index (χ2n) is 0.524. The van der Waals surface area contributed by atoms with Crippen molar-refractivity contribution in [2.45, 2.75) is 6.92 Å². The zero-order chi connectivity index (χ0) is 4.12. The van der Waals surface area contributed by atoms with Gasteiger partial charge in [-0.05, 0) is 6.92 Å². The maximum atomic E-state index is 7.59. The fourth-order valence-electron chi connectivity index (χ4n) is 0.0645. The Morgan fingerprint density at radius 2 is 2.60 bits per heavy atom. The fraction of sp³-hybridized carbons (Fsp3) is 1.00. The van der Waals surface area contributed by atoms with Crippen LogP contribution in [0.5, 0.6) is 0 Å². The highest BCUT2D eigenvalue weighted by atomic mass is 16.8. The van der Waals surface area contributed by atoms with E-state index < -0.39 is 0 Å². The van der Waals surface area contributed by atoms with Crippen LogP contribution in [0.4, 0.5) is 0 Å². The normalized spacial score (nSPS) is 8.40. The van der Waals surface area contributed by atoms with Gasteiger partial charge in [-0.3, -0.25) is 10.0 Å². The quantitative estimate of drug-likeness (QED) is 0.453. The van der Waals surface area contributed by atoms with Crippen molar-refractivity contribution in [2.24, 2.45) is 0 Å². The van der Waals surface area contributed by atoms with Crippen LogP contribution in [0.25, 0.3) is 0 Å². The Labute approximate surface area is 30.5 Å². The van der Waals surface area contributed by atoms with E-state index in [9.17, 15) is 0 Å². The molecule has 0 aliphatic heterocycles. The molecule has 0 heterocycles. The predicted octanol–water partition coefficient (Wildman–Crippen LogP) is -0.0833. The molecule has 0 aromatic heterocycles. The molecule has 0 aliphatic carbocycles. The topological polar surface area (TPSA) is 41.5 Å². The third-order valence-electron chi connectivity index (χ3n) is 0.209. The van der Waals surface area contributed by atoms with Crippen LogP contribution < -0.4 is 5.64 Å². The second kappa shape index (κ2) is 3.88. The Hall–Kier alpha value is -0.120. The highest BCUT2D eigenvalue weighted by Crippen LogP contribution is 1.53.